The predicted molar refractivity (Wildman–Crippen MR) is 63.6 cm³/mol. The van der Waals surface area contributed by atoms with Gasteiger partial charge in [-0.15, -0.1) is 0 Å². The van der Waals surface area contributed by atoms with Crippen molar-refractivity contribution in [2.75, 3.05) is 6.54 Å². The van der Waals surface area contributed by atoms with Gasteiger partial charge in [0.1, 0.15) is 6.04 Å². The van der Waals surface area contributed by atoms with Gasteiger partial charge >= 0.3 is 5.97 Å². The maximum Gasteiger partial charge on any atom is 0.321 e. The second kappa shape index (κ2) is 5.14. The number of carbonyl (C=O) groups excluding carboxylic acids is 1. The molecule has 6 nitrogen and oxygen atoms in total. The Morgan fingerprint density at radius 2 is 2.33 bits per heavy atom. The molecule has 1 aromatic heterocycles. The van der Waals surface area contributed by atoms with Crippen LogP contribution in [-0.4, -0.2) is 39.5 Å². The smallest absolute Gasteiger partial charge is 0.321 e. The Morgan fingerprint density at radius 1 is 1.56 bits per heavy atom. The first-order chi connectivity index (χ1) is 8.58. The maximum absolute atomic E-state index is 11.9. The fourth-order valence-corrected chi connectivity index (χ4v) is 1.97. The second-order valence-corrected chi connectivity index (χ2v) is 4.32. The molecule has 0 spiro atoms. The molecule has 6 heteroatoms. The molecule has 0 aliphatic carbocycles. The highest BCUT2D eigenvalue weighted by atomic mass is 16.4. The van der Waals surface area contributed by atoms with Crippen molar-refractivity contribution in [2.45, 2.75) is 25.4 Å². The summed E-state index contributed by atoms with van der Waals surface area (Å²) in [7, 11) is 0. The van der Waals surface area contributed by atoms with Crippen LogP contribution in [0.2, 0.25) is 0 Å². The van der Waals surface area contributed by atoms with E-state index < -0.39 is 12.0 Å². The molecule has 96 valence electrons. The molecule has 18 heavy (non-hydrogen) atoms. The van der Waals surface area contributed by atoms with Gasteiger partial charge in [-0.1, -0.05) is 6.07 Å². The SMILES string of the molecule is NC(CC(=O)N1CCc2cccnc2C1)C(=O)O. The molecule has 0 saturated heterocycles. The van der Waals surface area contributed by atoms with E-state index in [0.717, 1.165) is 17.7 Å². The van der Waals surface area contributed by atoms with Crippen LogP contribution in [-0.2, 0) is 22.6 Å². The highest BCUT2D eigenvalue weighted by Gasteiger charge is 2.24. The van der Waals surface area contributed by atoms with E-state index in [1.807, 2.05) is 12.1 Å². The summed E-state index contributed by atoms with van der Waals surface area (Å²) < 4.78 is 0. The van der Waals surface area contributed by atoms with E-state index in [4.69, 9.17) is 10.8 Å². The number of carboxylic acid groups (broad SMARTS) is 1. The molecular formula is C12H15N3O3. The van der Waals surface area contributed by atoms with Gasteiger partial charge in [-0.2, -0.15) is 0 Å². The zero-order valence-electron chi connectivity index (χ0n) is 9.87. The van der Waals surface area contributed by atoms with Crippen molar-refractivity contribution in [1.82, 2.24) is 9.88 Å². The monoisotopic (exact) mass is 249 g/mol. The van der Waals surface area contributed by atoms with Crippen LogP contribution in [0.4, 0.5) is 0 Å². The lowest BCUT2D eigenvalue weighted by atomic mass is 10.0. The Hall–Kier alpha value is -1.95. The number of aliphatic carboxylic acids is 1. The van der Waals surface area contributed by atoms with Gasteiger partial charge in [0.25, 0.3) is 0 Å². The Kier molecular flexibility index (Phi) is 3.57. The number of amides is 1. The molecule has 0 bridgehead atoms. The predicted octanol–water partition coefficient (Wildman–Crippen LogP) is -0.232. The maximum atomic E-state index is 11.9. The van der Waals surface area contributed by atoms with E-state index in [1.54, 1.807) is 11.1 Å². The fraction of sp³-hybridized carbons (Fsp3) is 0.417. The van der Waals surface area contributed by atoms with E-state index in [9.17, 15) is 9.59 Å². The third-order valence-electron chi connectivity index (χ3n) is 3.04. The number of fused-ring (bicyclic) bond motifs is 1. The lowest BCUT2D eigenvalue weighted by Gasteiger charge is -2.28. The highest BCUT2D eigenvalue weighted by Crippen LogP contribution is 2.17. The number of carbonyl (C=O) groups is 2. The Labute approximate surface area is 104 Å². The van der Waals surface area contributed by atoms with E-state index in [0.29, 0.717) is 13.1 Å². The third kappa shape index (κ3) is 2.65. The fourth-order valence-electron chi connectivity index (χ4n) is 1.97. The molecule has 1 aliphatic heterocycles. The second-order valence-electron chi connectivity index (χ2n) is 4.32. The number of rotatable bonds is 3. The molecule has 0 fully saturated rings. The minimum atomic E-state index is -1.15. The van der Waals surface area contributed by atoms with Crippen LogP contribution in [0.1, 0.15) is 17.7 Å². The standard InChI is InChI=1S/C12H15N3O3/c13-9(12(17)18)6-11(16)15-5-3-8-2-1-4-14-10(8)7-15/h1-2,4,9H,3,5-7,13H2,(H,17,18). The topological polar surface area (TPSA) is 96.5 Å². The molecule has 2 rings (SSSR count). The van der Waals surface area contributed by atoms with Crippen LogP contribution >= 0.6 is 0 Å². The van der Waals surface area contributed by atoms with Crippen molar-refractivity contribution in [1.29, 1.82) is 0 Å². The number of nitrogens with two attached hydrogens (primary N) is 1. The molecule has 0 aromatic carbocycles. The summed E-state index contributed by atoms with van der Waals surface area (Å²) in [5, 5.41) is 8.68. The van der Waals surface area contributed by atoms with E-state index in [1.165, 1.54) is 0 Å². The average Bonchev–Trinajstić information content (AvgIpc) is 2.37. The van der Waals surface area contributed by atoms with Gasteiger partial charge in [0.05, 0.1) is 18.7 Å². The molecule has 1 aliphatic rings. The average molecular weight is 249 g/mol. The van der Waals surface area contributed by atoms with Gasteiger partial charge in [0, 0.05) is 12.7 Å². The first-order valence-electron chi connectivity index (χ1n) is 5.77. The summed E-state index contributed by atoms with van der Waals surface area (Å²) in [4.78, 5) is 28.3. The third-order valence-corrected chi connectivity index (χ3v) is 3.04. The molecule has 1 amide bonds. The summed E-state index contributed by atoms with van der Waals surface area (Å²) in [6.07, 6.45) is 2.27. The minimum Gasteiger partial charge on any atom is -0.480 e. The van der Waals surface area contributed by atoms with Crippen molar-refractivity contribution in [3.8, 4) is 0 Å². The Bertz CT molecular complexity index is 475. The molecular weight excluding hydrogens is 234 g/mol. The quantitative estimate of drug-likeness (QED) is 0.771. The van der Waals surface area contributed by atoms with Crippen molar-refractivity contribution in [2.24, 2.45) is 5.73 Å². The van der Waals surface area contributed by atoms with Gasteiger partial charge in [0.15, 0.2) is 0 Å². The zero-order valence-corrected chi connectivity index (χ0v) is 9.87. The van der Waals surface area contributed by atoms with Crippen LogP contribution in [0.15, 0.2) is 18.3 Å². The van der Waals surface area contributed by atoms with Crippen molar-refractivity contribution < 1.29 is 14.7 Å². The largest absolute Gasteiger partial charge is 0.480 e. The van der Waals surface area contributed by atoms with E-state index in [-0.39, 0.29) is 12.3 Å². The van der Waals surface area contributed by atoms with Crippen molar-refractivity contribution >= 4 is 11.9 Å². The van der Waals surface area contributed by atoms with Gasteiger partial charge in [-0.25, -0.2) is 0 Å². The zero-order chi connectivity index (χ0) is 13.1. The summed E-state index contributed by atoms with van der Waals surface area (Å²) >= 11 is 0. The molecule has 2 heterocycles. The minimum absolute atomic E-state index is 0.169. The van der Waals surface area contributed by atoms with Gasteiger partial charge in [-0.3, -0.25) is 14.6 Å². The molecule has 0 radical (unpaired) electrons. The lowest BCUT2D eigenvalue weighted by Crippen LogP contribution is -2.41. The summed E-state index contributed by atoms with van der Waals surface area (Å²) in [5.74, 6) is -1.39. The van der Waals surface area contributed by atoms with E-state index >= 15 is 0 Å². The number of pyridine rings is 1. The van der Waals surface area contributed by atoms with Crippen LogP contribution < -0.4 is 5.73 Å². The number of hydrogen-bond donors (Lipinski definition) is 2. The van der Waals surface area contributed by atoms with Crippen molar-refractivity contribution in [3.05, 3.63) is 29.6 Å². The van der Waals surface area contributed by atoms with E-state index in [2.05, 4.69) is 4.98 Å². The molecule has 1 unspecified atom stereocenters. The first kappa shape index (κ1) is 12.5. The highest BCUT2D eigenvalue weighted by molar-refractivity contribution is 5.84. The number of aromatic nitrogens is 1. The van der Waals surface area contributed by atoms with Crippen LogP contribution in [0.5, 0.6) is 0 Å². The first-order valence-corrected chi connectivity index (χ1v) is 5.77. The summed E-state index contributed by atoms with van der Waals surface area (Å²) in [6, 6.07) is 2.73. The van der Waals surface area contributed by atoms with Crippen LogP contribution in [0, 0.1) is 0 Å². The Balaban J connectivity index is 2.00. The molecule has 3 N–H and O–H groups in total. The van der Waals surface area contributed by atoms with Crippen molar-refractivity contribution in [3.63, 3.8) is 0 Å². The normalized spacial score (nSPS) is 15.9. The summed E-state index contributed by atoms with van der Waals surface area (Å²) in [5.41, 5.74) is 7.37. The number of carboxylic acids is 1. The van der Waals surface area contributed by atoms with Gasteiger partial charge < -0.3 is 15.7 Å². The molecule has 0 saturated carbocycles. The van der Waals surface area contributed by atoms with Crippen LogP contribution in [0.3, 0.4) is 0 Å². The summed E-state index contributed by atoms with van der Waals surface area (Å²) in [6.45, 7) is 1.02. The lowest BCUT2D eigenvalue weighted by molar-refractivity contribution is -0.142. The van der Waals surface area contributed by atoms with Gasteiger partial charge in [0.2, 0.25) is 5.91 Å². The van der Waals surface area contributed by atoms with Gasteiger partial charge in [-0.05, 0) is 18.1 Å². The Morgan fingerprint density at radius 3 is 3.06 bits per heavy atom. The number of hydrogen-bond acceptors (Lipinski definition) is 4. The molecule has 1 aromatic rings. The number of nitrogens with zero attached hydrogens (tertiary/aromatic N) is 2. The molecule has 1 atom stereocenters. The van der Waals surface area contributed by atoms with Crippen LogP contribution in [0.25, 0.3) is 0 Å².